The maximum atomic E-state index is 13.3. The number of nitrogens with zero attached hydrogens (tertiary/aromatic N) is 5. The zero-order chi connectivity index (χ0) is 21.0. The molecule has 0 radical (unpaired) electrons. The van der Waals surface area contributed by atoms with E-state index in [9.17, 15) is 9.59 Å². The molecule has 1 aliphatic rings. The van der Waals surface area contributed by atoms with Gasteiger partial charge in [-0.05, 0) is 36.5 Å². The van der Waals surface area contributed by atoms with Gasteiger partial charge in [-0.2, -0.15) is 4.98 Å². The van der Waals surface area contributed by atoms with Gasteiger partial charge in [0.05, 0.1) is 0 Å². The van der Waals surface area contributed by atoms with Gasteiger partial charge in [0.1, 0.15) is 0 Å². The Bertz CT molecular complexity index is 1220. The quantitative estimate of drug-likeness (QED) is 0.658. The van der Waals surface area contributed by atoms with E-state index < -0.39 is 0 Å². The van der Waals surface area contributed by atoms with Crippen LogP contribution in [-0.2, 0) is 20.1 Å². The highest BCUT2D eigenvalue weighted by Gasteiger charge is 2.30. The van der Waals surface area contributed by atoms with Gasteiger partial charge in [-0.1, -0.05) is 38.4 Å². The zero-order valence-corrected chi connectivity index (χ0v) is 18.2. The molecule has 154 valence electrons. The molecule has 0 spiro atoms. The van der Waals surface area contributed by atoms with Gasteiger partial charge in [0.25, 0.3) is 5.56 Å². The highest BCUT2D eigenvalue weighted by atomic mass is 35.5. The molecule has 1 atom stereocenters. The third kappa shape index (κ3) is 3.08. The highest BCUT2D eigenvalue weighted by molar-refractivity contribution is 6.31. The smallest absolute Gasteiger partial charge is 0.311 e. The molecule has 1 aromatic carbocycles. The number of hydrogen-bond acceptors (Lipinski definition) is 4. The molecule has 29 heavy (non-hydrogen) atoms. The number of halogens is 1. The van der Waals surface area contributed by atoms with E-state index >= 15 is 0 Å². The minimum atomic E-state index is -0.329. The average Bonchev–Trinajstić information content (AvgIpc) is 3.04. The lowest BCUT2D eigenvalue weighted by Gasteiger charge is -2.34. The second kappa shape index (κ2) is 7.06. The summed E-state index contributed by atoms with van der Waals surface area (Å²) in [5, 5.41) is 0.690. The largest absolute Gasteiger partial charge is 0.332 e. The van der Waals surface area contributed by atoms with Crippen LogP contribution in [0.4, 0.5) is 11.6 Å². The molecule has 7 nitrogen and oxygen atoms in total. The van der Waals surface area contributed by atoms with Gasteiger partial charge < -0.3 is 9.47 Å². The van der Waals surface area contributed by atoms with Crippen LogP contribution in [0.2, 0.25) is 5.02 Å². The van der Waals surface area contributed by atoms with Gasteiger partial charge in [0, 0.05) is 37.4 Å². The minimum absolute atomic E-state index is 0.186. The first kappa shape index (κ1) is 19.8. The lowest BCUT2D eigenvalue weighted by Crippen LogP contribution is -2.41. The van der Waals surface area contributed by atoms with E-state index in [0.717, 1.165) is 17.8 Å². The summed E-state index contributed by atoms with van der Waals surface area (Å²) >= 11 is 6.36. The molecule has 4 rings (SSSR count). The predicted molar refractivity (Wildman–Crippen MR) is 116 cm³/mol. The first-order valence-corrected chi connectivity index (χ1v) is 10.3. The second-order valence-electron chi connectivity index (χ2n) is 8.45. The molecule has 0 N–H and O–H groups in total. The van der Waals surface area contributed by atoms with Gasteiger partial charge >= 0.3 is 5.69 Å². The van der Waals surface area contributed by atoms with Crippen LogP contribution >= 0.6 is 11.6 Å². The fourth-order valence-corrected chi connectivity index (χ4v) is 4.29. The lowest BCUT2D eigenvalue weighted by molar-refractivity contribution is 0.454. The van der Waals surface area contributed by atoms with Crippen molar-refractivity contribution in [1.29, 1.82) is 0 Å². The molecule has 0 fully saturated rings. The first-order chi connectivity index (χ1) is 13.7. The van der Waals surface area contributed by atoms with Crippen molar-refractivity contribution in [1.82, 2.24) is 18.7 Å². The molecule has 0 saturated carbocycles. The number of fused-ring (bicyclic) bond motifs is 3. The monoisotopic (exact) mass is 415 g/mol. The van der Waals surface area contributed by atoms with Crippen molar-refractivity contribution in [3.8, 4) is 0 Å². The SMILES string of the molecule is Cc1c(Cl)cccc1N1CC(C)Cn2c1nc1c2c(=O)n(CC(C)C)c(=O)n1C. The van der Waals surface area contributed by atoms with Gasteiger partial charge in [0.15, 0.2) is 11.2 Å². The van der Waals surface area contributed by atoms with Crippen molar-refractivity contribution in [2.75, 3.05) is 11.4 Å². The zero-order valence-electron chi connectivity index (χ0n) is 17.4. The van der Waals surface area contributed by atoms with Crippen molar-refractivity contribution >= 4 is 34.4 Å². The molecule has 0 bridgehead atoms. The third-order valence-electron chi connectivity index (χ3n) is 5.52. The second-order valence-corrected chi connectivity index (χ2v) is 8.85. The fraction of sp³-hybridized carbons (Fsp3) is 0.476. The lowest BCUT2D eigenvalue weighted by atomic mass is 10.1. The first-order valence-electron chi connectivity index (χ1n) is 9.93. The molecule has 1 unspecified atom stereocenters. The van der Waals surface area contributed by atoms with E-state index in [2.05, 4.69) is 11.8 Å². The van der Waals surface area contributed by atoms with Crippen LogP contribution in [0.3, 0.4) is 0 Å². The van der Waals surface area contributed by atoms with Crippen LogP contribution in [0.5, 0.6) is 0 Å². The van der Waals surface area contributed by atoms with Gasteiger partial charge in [0.2, 0.25) is 5.95 Å². The molecule has 2 aromatic heterocycles. The highest BCUT2D eigenvalue weighted by Crippen LogP contribution is 2.36. The van der Waals surface area contributed by atoms with Gasteiger partial charge in [-0.25, -0.2) is 4.79 Å². The van der Waals surface area contributed by atoms with Crippen molar-refractivity contribution in [3.63, 3.8) is 0 Å². The van der Waals surface area contributed by atoms with Gasteiger partial charge in [-0.15, -0.1) is 0 Å². The molecular weight excluding hydrogens is 390 g/mol. The Kier molecular flexibility index (Phi) is 4.81. The van der Waals surface area contributed by atoms with E-state index in [-0.39, 0.29) is 17.2 Å². The summed E-state index contributed by atoms with van der Waals surface area (Å²) in [6.07, 6.45) is 0. The summed E-state index contributed by atoms with van der Waals surface area (Å²) < 4.78 is 4.77. The summed E-state index contributed by atoms with van der Waals surface area (Å²) in [6, 6.07) is 5.80. The molecule has 0 saturated heterocycles. The Labute approximate surface area is 174 Å². The van der Waals surface area contributed by atoms with E-state index in [1.807, 2.05) is 43.5 Å². The molecule has 3 aromatic rings. The van der Waals surface area contributed by atoms with E-state index in [1.165, 1.54) is 9.13 Å². The number of aromatic nitrogens is 4. The third-order valence-corrected chi connectivity index (χ3v) is 5.93. The van der Waals surface area contributed by atoms with Crippen LogP contribution in [0.25, 0.3) is 11.2 Å². The van der Waals surface area contributed by atoms with Crippen molar-refractivity contribution in [2.24, 2.45) is 18.9 Å². The van der Waals surface area contributed by atoms with Crippen molar-refractivity contribution in [2.45, 2.75) is 40.8 Å². The van der Waals surface area contributed by atoms with Gasteiger partial charge in [-0.3, -0.25) is 13.9 Å². The average molecular weight is 416 g/mol. The maximum absolute atomic E-state index is 13.3. The number of hydrogen-bond donors (Lipinski definition) is 0. The Hall–Kier alpha value is -2.54. The molecular formula is C21H26ClN5O2. The molecule has 1 aliphatic heterocycles. The van der Waals surface area contributed by atoms with Crippen LogP contribution in [-0.4, -0.2) is 25.2 Å². The van der Waals surface area contributed by atoms with Crippen LogP contribution in [0, 0.1) is 18.8 Å². The summed E-state index contributed by atoms with van der Waals surface area (Å²) in [5.41, 5.74) is 2.24. The number of benzene rings is 1. The summed E-state index contributed by atoms with van der Waals surface area (Å²) in [5.74, 6) is 1.16. The Morgan fingerprint density at radius 1 is 1.24 bits per heavy atom. The Balaban J connectivity index is 2.03. The number of aryl methyl sites for hydroxylation is 1. The van der Waals surface area contributed by atoms with Crippen LogP contribution < -0.4 is 16.1 Å². The molecule has 8 heteroatoms. The van der Waals surface area contributed by atoms with E-state index in [1.54, 1.807) is 7.05 Å². The topological polar surface area (TPSA) is 65.1 Å². The normalized spacial score (nSPS) is 16.7. The van der Waals surface area contributed by atoms with Crippen LogP contribution in [0.1, 0.15) is 26.3 Å². The summed E-state index contributed by atoms with van der Waals surface area (Å²) in [4.78, 5) is 33.0. The van der Waals surface area contributed by atoms with Crippen LogP contribution in [0.15, 0.2) is 27.8 Å². The predicted octanol–water partition coefficient (Wildman–Crippen LogP) is 3.30. The summed E-state index contributed by atoms with van der Waals surface area (Å²) in [7, 11) is 1.68. The maximum Gasteiger partial charge on any atom is 0.332 e. The molecule has 0 aliphatic carbocycles. The Morgan fingerprint density at radius 3 is 2.66 bits per heavy atom. The van der Waals surface area contributed by atoms with Crippen molar-refractivity contribution in [3.05, 3.63) is 49.6 Å². The molecule has 3 heterocycles. The summed E-state index contributed by atoms with van der Waals surface area (Å²) in [6.45, 7) is 9.94. The van der Waals surface area contributed by atoms with E-state index in [4.69, 9.17) is 16.6 Å². The number of anilines is 2. The Morgan fingerprint density at radius 2 is 1.97 bits per heavy atom. The minimum Gasteiger partial charge on any atom is -0.311 e. The van der Waals surface area contributed by atoms with Crippen molar-refractivity contribution < 1.29 is 0 Å². The number of rotatable bonds is 3. The fourth-order valence-electron chi connectivity index (χ4n) is 4.12. The standard InChI is InChI=1S/C21H26ClN5O2/c1-12(2)9-27-19(28)17-18(24(5)21(27)29)23-20-25(10-13(3)11-26(17)20)16-8-6-7-15(22)14(16)4/h6-8,12-13H,9-11H2,1-5H3. The molecule has 0 amide bonds. The number of imidazole rings is 1. The van der Waals surface area contributed by atoms with E-state index in [0.29, 0.717) is 41.1 Å².